The SMILES string of the molecule is Clc1nnc(Cl)c(Oc2ccccc2Cl)n1. The zero-order valence-corrected chi connectivity index (χ0v) is 9.96. The fraction of sp³-hybridized carbons (Fsp3) is 0. The molecule has 0 saturated heterocycles. The van der Waals surface area contributed by atoms with Gasteiger partial charge in [-0.2, -0.15) is 4.98 Å². The summed E-state index contributed by atoms with van der Waals surface area (Å²) in [4.78, 5) is 3.79. The van der Waals surface area contributed by atoms with Crippen molar-refractivity contribution in [1.29, 1.82) is 0 Å². The third kappa shape index (κ3) is 2.52. The molecule has 16 heavy (non-hydrogen) atoms. The summed E-state index contributed by atoms with van der Waals surface area (Å²) in [6.07, 6.45) is 0. The predicted molar refractivity (Wildman–Crippen MR) is 61.4 cm³/mol. The minimum Gasteiger partial charge on any atom is -0.435 e. The van der Waals surface area contributed by atoms with E-state index in [-0.39, 0.29) is 16.3 Å². The Morgan fingerprint density at radius 3 is 2.50 bits per heavy atom. The first kappa shape index (κ1) is 11.4. The molecule has 2 aromatic rings. The molecule has 0 bridgehead atoms. The van der Waals surface area contributed by atoms with Crippen molar-refractivity contribution < 1.29 is 4.74 Å². The first-order chi connectivity index (χ1) is 7.66. The average molecular weight is 277 g/mol. The van der Waals surface area contributed by atoms with Crippen molar-refractivity contribution in [2.24, 2.45) is 0 Å². The number of benzene rings is 1. The lowest BCUT2D eigenvalue weighted by Gasteiger charge is -2.06. The van der Waals surface area contributed by atoms with Gasteiger partial charge in [-0.3, -0.25) is 0 Å². The second-order valence-electron chi connectivity index (χ2n) is 2.71. The number of nitrogens with zero attached hydrogens (tertiary/aromatic N) is 3. The lowest BCUT2D eigenvalue weighted by Crippen LogP contribution is -1.95. The first-order valence-corrected chi connectivity index (χ1v) is 5.28. The molecule has 0 aliphatic carbocycles. The van der Waals surface area contributed by atoms with E-state index in [1.165, 1.54) is 0 Å². The van der Waals surface area contributed by atoms with Crippen LogP contribution >= 0.6 is 34.8 Å². The van der Waals surface area contributed by atoms with E-state index in [1.54, 1.807) is 24.3 Å². The van der Waals surface area contributed by atoms with Crippen LogP contribution < -0.4 is 4.74 Å². The average Bonchev–Trinajstić information content (AvgIpc) is 2.27. The number of hydrogen-bond acceptors (Lipinski definition) is 4. The fourth-order valence-electron chi connectivity index (χ4n) is 0.977. The Hall–Kier alpha value is -1.10. The van der Waals surface area contributed by atoms with Crippen LogP contribution in [0.4, 0.5) is 0 Å². The Morgan fingerprint density at radius 1 is 1.00 bits per heavy atom. The van der Waals surface area contributed by atoms with Gasteiger partial charge >= 0.3 is 0 Å². The Labute approximate surface area is 106 Å². The van der Waals surface area contributed by atoms with E-state index in [4.69, 9.17) is 39.5 Å². The zero-order valence-electron chi connectivity index (χ0n) is 7.69. The van der Waals surface area contributed by atoms with Crippen molar-refractivity contribution in [2.45, 2.75) is 0 Å². The lowest BCUT2D eigenvalue weighted by molar-refractivity contribution is 0.457. The highest BCUT2D eigenvalue weighted by molar-refractivity contribution is 6.32. The highest BCUT2D eigenvalue weighted by Gasteiger charge is 2.10. The zero-order chi connectivity index (χ0) is 11.5. The first-order valence-electron chi connectivity index (χ1n) is 4.15. The number of halogens is 3. The molecule has 0 saturated carbocycles. The summed E-state index contributed by atoms with van der Waals surface area (Å²) >= 11 is 17.2. The molecule has 0 aliphatic heterocycles. The van der Waals surface area contributed by atoms with Gasteiger partial charge in [0.25, 0.3) is 5.88 Å². The summed E-state index contributed by atoms with van der Waals surface area (Å²) in [6, 6.07) is 6.91. The molecule has 0 atom stereocenters. The number of ether oxygens (including phenoxy) is 1. The predicted octanol–water partition coefficient (Wildman–Crippen LogP) is 3.62. The Bertz CT molecular complexity index is 521. The minimum absolute atomic E-state index is 0.0179. The summed E-state index contributed by atoms with van der Waals surface area (Å²) in [5, 5.41) is 7.43. The molecule has 0 spiro atoms. The van der Waals surface area contributed by atoms with Gasteiger partial charge in [0, 0.05) is 0 Å². The Balaban J connectivity index is 2.34. The molecular formula is C9H4Cl3N3O. The molecule has 0 fully saturated rings. The third-order valence-corrected chi connectivity index (χ3v) is 2.34. The van der Waals surface area contributed by atoms with E-state index in [2.05, 4.69) is 15.2 Å². The number of hydrogen-bond donors (Lipinski definition) is 0. The van der Waals surface area contributed by atoms with Crippen molar-refractivity contribution in [2.75, 3.05) is 0 Å². The molecule has 0 radical (unpaired) electrons. The van der Waals surface area contributed by atoms with Crippen LogP contribution in [-0.4, -0.2) is 15.2 Å². The summed E-state index contributed by atoms with van der Waals surface area (Å²) in [6.45, 7) is 0. The maximum atomic E-state index is 5.90. The molecular weight excluding hydrogens is 272 g/mol. The molecule has 0 aliphatic rings. The van der Waals surface area contributed by atoms with Crippen LogP contribution in [0.25, 0.3) is 0 Å². The molecule has 82 valence electrons. The van der Waals surface area contributed by atoms with Gasteiger partial charge in [0.15, 0.2) is 0 Å². The van der Waals surface area contributed by atoms with Crippen molar-refractivity contribution in [3.05, 3.63) is 39.7 Å². The summed E-state index contributed by atoms with van der Waals surface area (Å²) < 4.78 is 5.36. The molecule has 0 N–H and O–H groups in total. The van der Waals surface area contributed by atoms with Gasteiger partial charge in [-0.1, -0.05) is 35.3 Å². The highest BCUT2D eigenvalue weighted by atomic mass is 35.5. The van der Waals surface area contributed by atoms with Crippen LogP contribution in [0.2, 0.25) is 15.5 Å². The van der Waals surface area contributed by atoms with Crippen molar-refractivity contribution >= 4 is 34.8 Å². The number of rotatable bonds is 2. The minimum atomic E-state index is -0.0496. The van der Waals surface area contributed by atoms with Crippen molar-refractivity contribution in [3.8, 4) is 11.6 Å². The van der Waals surface area contributed by atoms with E-state index in [9.17, 15) is 0 Å². The summed E-state index contributed by atoms with van der Waals surface area (Å²) in [5.41, 5.74) is 0. The molecule has 0 amide bonds. The summed E-state index contributed by atoms with van der Waals surface area (Å²) in [5.74, 6) is 0.484. The number of aromatic nitrogens is 3. The van der Waals surface area contributed by atoms with Gasteiger partial charge in [0.2, 0.25) is 10.4 Å². The molecule has 4 nitrogen and oxygen atoms in total. The highest BCUT2D eigenvalue weighted by Crippen LogP contribution is 2.30. The second-order valence-corrected chi connectivity index (χ2v) is 3.81. The maximum absolute atomic E-state index is 5.90. The molecule has 1 aromatic carbocycles. The van der Waals surface area contributed by atoms with Crippen molar-refractivity contribution in [3.63, 3.8) is 0 Å². The van der Waals surface area contributed by atoms with E-state index < -0.39 is 0 Å². The smallest absolute Gasteiger partial charge is 0.262 e. The quantitative estimate of drug-likeness (QED) is 0.840. The maximum Gasteiger partial charge on any atom is 0.262 e. The van der Waals surface area contributed by atoms with Crippen LogP contribution in [-0.2, 0) is 0 Å². The van der Waals surface area contributed by atoms with Gasteiger partial charge in [0.1, 0.15) is 5.75 Å². The van der Waals surface area contributed by atoms with E-state index in [1.807, 2.05) is 0 Å². The molecule has 7 heteroatoms. The fourth-order valence-corrected chi connectivity index (χ4v) is 1.38. The number of para-hydroxylation sites is 1. The lowest BCUT2D eigenvalue weighted by atomic mass is 10.3. The Kier molecular flexibility index (Phi) is 3.43. The van der Waals surface area contributed by atoms with Crippen LogP contribution in [0.1, 0.15) is 0 Å². The van der Waals surface area contributed by atoms with Crippen molar-refractivity contribution in [1.82, 2.24) is 15.2 Å². The topological polar surface area (TPSA) is 47.9 Å². The Morgan fingerprint density at radius 2 is 1.75 bits per heavy atom. The van der Waals surface area contributed by atoms with Crippen LogP contribution in [0.3, 0.4) is 0 Å². The van der Waals surface area contributed by atoms with E-state index in [0.717, 1.165) is 0 Å². The molecule has 1 aromatic heterocycles. The molecule has 1 heterocycles. The standard InChI is InChI=1S/C9H4Cl3N3O/c10-5-3-1-2-4-6(5)16-8-7(11)14-15-9(12)13-8/h1-4H. The second kappa shape index (κ2) is 4.82. The molecule has 0 unspecified atom stereocenters. The van der Waals surface area contributed by atoms with Crippen LogP contribution in [0, 0.1) is 0 Å². The van der Waals surface area contributed by atoms with Gasteiger partial charge in [-0.15, -0.1) is 10.2 Å². The van der Waals surface area contributed by atoms with E-state index >= 15 is 0 Å². The summed E-state index contributed by atoms with van der Waals surface area (Å²) in [7, 11) is 0. The normalized spacial score (nSPS) is 10.2. The van der Waals surface area contributed by atoms with Crippen LogP contribution in [0.5, 0.6) is 11.6 Å². The monoisotopic (exact) mass is 275 g/mol. The van der Waals surface area contributed by atoms with Gasteiger partial charge in [-0.05, 0) is 23.7 Å². The van der Waals surface area contributed by atoms with Gasteiger partial charge in [0.05, 0.1) is 5.02 Å². The van der Waals surface area contributed by atoms with Gasteiger partial charge in [-0.25, -0.2) is 0 Å². The third-order valence-electron chi connectivity index (χ3n) is 1.63. The van der Waals surface area contributed by atoms with E-state index in [0.29, 0.717) is 10.8 Å². The van der Waals surface area contributed by atoms with Crippen LogP contribution in [0.15, 0.2) is 24.3 Å². The van der Waals surface area contributed by atoms with Gasteiger partial charge < -0.3 is 4.74 Å². The largest absolute Gasteiger partial charge is 0.435 e. The molecule has 2 rings (SSSR count).